The maximum Gasteiger partial charge on any atom is 0.242 e. The lowest BCUT2D eigenvalue weighted by atomic mass is 9.87. The first kappa shape index (κ1) is 18.5. The van der Waals surface area contributed by atoms with E-state index in [9.17, 15) is 8.42 Å². The second-order valence-electron chi connectivity index (χ2n) is 6.13. The van der Waals surface area contributed by atoms with Crippen molar-refractivity contribution in [2.45, 2.75) is 51.3 Å². The van der Waals surface area contributed by atoms with Crippen molar-refractivity contribution in [1.82, 2.24) is 4.72 Å². The Bertz CT molecular complexity index is 571. The first-order valence-electron chi connectivity index (χ1n) is 7.23. The highest BCUT2D eigenvalue weighted by molar-refractivity contribution is 9.10. The molecule has 0 aliphatic rings. The average Bonchev–Trinajstić information content (AvgIpc) is 2.40. The molecule has 0 aromatic heterocycles. The lowest BCUT2D eigenvalue weighted by Crippen LogP contribution is -2.34. The fourth-order valence-corrected chi connectivity index (χ4v) is 3.96. The number of unbranched alkanes of at least 4 members (excludes halogenated alkanes) is 2. The maximum absolute atomic E-state index is 12.4. The van der Waals surface area contributed by atoms with Crippen LogP contribution in [0.2, 0.25) is 0 Å². The van der Waals surface area contributed by atoms with Gasteiger partial charge in [0, 0.05) is 11.0 Å². The van der Waals surface area contributed by atoms with Gasteiger partial charge in [-0.05, 0) is 30.0 Å². The van der Waals surface area contributed by atoms with E-state index < -0.39 is 10.0 Å². The molecule has 1 aromatic carbocycles. The van der Waals surface area contributed by atoms with Crippen LogP contribution in [0.1, 0.15) is 46.5 Å². The molecule has 4 nitrogen and oxygen atoms in total. The van der Waals surface area contributed by atoms with Gasteiger partial charge >= 0.3 is 0 Å². The van der Waals surface area contributed by atoms with Crippen molar-refractivity contribution in [2.24, 2.45) is 5.41 Å². The summed E-state index contributed by atoms with van der Waals surface area (Å²) >= 11 is 3.27. The van der Waals surface area contributed by atoms with Crippen molar-refractivity contribution in [2.75, 3.05) is 12.3 Å². The molecular formula is C15H25BrN2O2S. The summed E-state index contributed by atoms with van der Waals surface area (Å²) in [6.07, 6.45) is 4.45. The second-order valence-corrected chi connectivity index (χ2v) is 8.78. The topological polar surface area (TPSA) is 72.2 Å². The molecule has 0 aliphatic carbocycles. The van der Waals surface area contributed by atoms with Gasteiger partial charge in [-0.1, -0.05) is 56.0 Å². The third-order valence-electron chi connectivity index (χ3n) is 3.46. The van der Waals surface area contributed by atoms with Crippen molar-refractivity contribution >= 4 is 31.6 Å². The number of hydrogen-bond acceptors (Lipinski definition) is 3. The Morgan fingerprint density at radius 1 is 1.29 bits per heavy atom. The highest BCUT2D eigenvalue weighted by atomic mass is 79.9. The molecule has 21 heavy (non-hydrogen) atoms. The van der Waals surface area contributed by atoms with E-state index in [0.29, 0.717) is 11.0 Å². The first-order chi connectivity index (χ1) is 9.68. The van der Waals surface area contributed by atoms with Crippen molar-refractivity contribution < 1.29 is 8.42 Å². The Morgan fingerprint density at radius 3 is 2.57 bits per heavy atom. The van der Waals surface area contributed by atoms with Gasteiger partial charge in [-0.25, -0.2) is 13.1 Å². The number of benzene rings is 1. The van der Waals surface area contributed by atoms with E-state index in [-0.39, 0.29) is 16.0 Å². The number of hydrogen-bond donors (Lipinski definition) is 2. The van der Waals surface area contributed by atoms with Gasteiger partial charge in [-0.15, -0.1) is 0 Å². The van der Waals surface area contributed by atoms with E-state index in [4.69, 9.17) is 5.73 Å². The molecule has 3 N–H and O–H groups in total. The predicted octanol–water partition coefficient (Wildman–Crippen LogP) is 3.92. The number of anilines is 1. The minimum Gasteiger partial charge on any atom is -0.398 e. The van der Waals surface area contributed by atoms with Crippen LogP contribution in [0.15, 0.2) is 27.6 Å². The predicted molar refractivity (Wildman–Crippen MR) is 91.7 cm³/mol. The largest absolute Gasteiger partial charge is 0.398 e. The van der Waals surface area contributed by atoms with Gasteiger partial charge < -0.3 is 5.73 Å². The number of nitrogen functional groups attached to an aromatic ring is 1. The zero-order valence-electron chi connectivity index (χ0n) is 12.9. The molecule has 0 saturated heterocycles. The molecule has 120 valence electrons. The minimum absolute atomic E-state index is 0.0665. The molecule has 0 fully saturated rings. The fourth-order valence-electron chi connectivity index (χ4n) is 2.05. The fraction of sp³-hybridized carbons (Fsp3) is 0.600. The van der Waals surface area contributed by atoms with Crippen molar-refractivity contribution in [3.8, 4) is 0 Å². The van der Waals surface area contributed by atoms with Crippen LogP contribution in [0.25, 0.3) is 0 Å². The summed E-state index contributed by atoms with van der Waals surface area (Å²) in [5, 5.41) is 0. The van der Waals surface area contributed by atoms with Gasteiger partial charge in [0.2, 0.25) is 10.0 Å². The highest BCUT2D eigenvalue weighted by Crippen LogP contribution is 2.26. The summed E-state index contributed by atoms with van der Waals surface area (Å²) in [4.78, 5) is 0.126. The van der Waals surface area contributed by atoms with Crippen molar-refractivity contribution in [1.29, 1.82) is 0 Å². The van der Waals surface area contributed by atoms with Crippen LogP contribution in [0.3, 0.4) is 0 Å². The Labute approximate surface area is 136 Å². The molecule has 0 atom stereocenters. The van der Waals surface area contributed by atoms with Crippen molar-refractivity contribution in [3.63, 3.8) is 0 Å². The summed E-state index contributed by atoms with van der Waals surface area (Å²) in [5.74, 6) is 0. The quantitative estimate of drug-likeness (QED) is 0.533. The minimum atomic E-state index is -3.58. The molecule has 0 aliphatic heterocycles. The van der Waals surface area contributed by atoms with Crippen molar-refractivity contribution in [3.05, 3.63) is 22.7 Å². The summed E-state index contributed by atoms with van der Waals surface area (Å²) in [5.41, 5.74) is 5.97. The molecular weight excluding hydrogens is 352 g/mol. The van der Waals surface area contributed by atoms with Gasteiger partial charge in [0.05, 0.1) is 5.69 Å². The standard InChI is InChI=1S/C15H25BrN2O2S/c1-4-5-6-9-15(2,3)11-18-21(19,20)14-10-12(16)7-8-13(14)17/h7-8,10,18H,4-6,9,11,17H2,1-3H3. The third kappa shape index (κ3) is 5.96. The van der Waals surface area contributed by atoms with Gasteiger partial charge in [0.25, 0.3) is 0 Å². The van der Waals surface area contributed by atoms with Gasteiger partial charge in [-0.3, -0.25) is 0 Å². The second kappa shape index (κ2) is 7.61. The molecule has 0 saturated carbocycles. The van der Waals surface area contributed by atoms with Gasteiger partial charge in [-0.2, -0.15) is 0 Å². The van der Waals surface area contributed by atoms with Crippen LogP contribution in [-0.4, -0.2) is 15.0 Å². The molecule has 0 unspecified atom stereocenters. The lowest BCUT2D eigenvalue weighted by Gasteiger charge is -2.25. The van der Waals surface area contributed by atoms with E-state index in [1.54, 1.807) is 12.1 Å². The Kier molecular flexibility index (Phi) is 6.69. The molecule has 0 radical (unpaired) electrons. The lowest BCUT2D eigenvalue weighted by molar-refractivity contribution is 0.320. The Hall–Kier alpha value is -0.590. The number of rotatable bonds is 8. The summed E-state index contributed by atoms with van der Waals surface area (Å²) in [6, 6.07) is 4.84. The van der Waals surface area contributed by atoms with Crippen LogP contribution >= 0.6 is 15.9 Å². The number of sulfonamides is 1. The van der Waals surface area contributed by atoms with Crippen LogP contribution in [0.5, 0.6) is 0 Å². The third-order valence-corrected chi connectivity index (χ3v) is 5.41. The number of halogens is 1. The van der Waals surface area contributed by atoms with Crippen LogP contribution in [0, 0.1) is 5.41 Å². The zero-order chi connectivity index (χ0) is 16.1. The monoisotopic (exact) mass is 376 g/mol. The Morgan fingerprint density at radius 2 is 1.95 bits per heavy atom. The smallest absolute Gasteiger partial charge is 0.242 e. The van der Waals surface area contributed by atoms with E-state index in [2.05, 4.69) is 41.4 Å². The first-order valence-corrected chi connectivity index (χ1v) is 9.50. The van der Waals surface area contributed by atoms with E-state index >= 15 is 0 Å². The average molecular weight is 377 g/mol. The molecule has 1 rings (SSSR count). The van der Waals surface area contributed by atoms with E-state index in [1.807, 2.05) is 0 Å². The molecule has 0 spiro atoms. The van der Waals surface area contributed by atoms with Crippen LogP contribution in [0.4, 0.5) is 5.69 Å². The van der Waals surface area contributed by atoms with E-state index in [1.165, 1.54) is 12.5 Å². The van der Waals surface area contributed by atoms with Crippen LogP contribution < -0.4 is 10.5 Å². The molecule has 0 heterocycles. The zero-order valence-corrected chi connectivity index (χ0v) is 15.4. The summed E-state index contributed by atoms with van der Waals surface area (Å²) in [7, 11) is -3.58. The molecule has 0 amide bonds. The van der Waals surface area contributed by atoms with E-state index in [0.717, 1.165) is 19.3 Å². The SMILES string of the molecule is CCCCCC(C)(C)CNS(=O)(=O)c1cc(Br)ccc1N. The number of nitrogens with two attached hydrogens (primary N) is 1. The normalized spacial score (nSPS) is 12.6. The summed E-state index contributed by atoms with van der Waals surface area (Å²) < 4.78 is 28.1. The molecule has 0 bridgehead atoms. The highest BCUT2D eigenvalue weighted by Gasteiger charge is 2.23. The van der Waals surface area contributed by atoms with Crippen LogP contribution in [-0.2, 0) is 10.0 Å². The van der Waals surface area contributed by atoms with Gasteiger partial charge in [0.1, 0.15) is 4.90 Å². The molecule has 6 heteroatoms. The Balaban J connectivity index is 2.75. The van der Waals surface area contributed by atoms with Gasteiger partial charge in [0.15, 0.2) is 0 Å². The number of nitrogens with one attached hydrogen (secondary N) is 1. The maximum atomic E-state index is 12.4. The summed E-state index contributed by atoms with van der Waals surface area (Å²) in [6.45, 7) is 6.72. The molecule has 1 aromatic rings.